The van der Waals surface area contributed by atoms with E-state index in [-0.39, 0.29) is 0 Å². The molecule has 2 heterocycles. The van der Waals surface area contributed by atoms with Gasteiger partial charge < -0.3 is 9.26 Å². The van der Waals surface area contributed by atoms with Crippen molar-refractivity contribution in [2.75, 3.05) is 6.61 Å². The predicted octanol–water partition coefficient (Wildman–Crippen LogP) is 4.27. The average molecular weight is 277 g/mol. The number of hydrogen-bond acceptors (Lipinski definition) is 3. The van der Waals surface area contributed by atoms with Crippen LogP contribution in [-0.4, -0.2) is 11.8 Å². The van der Waals surface area contributed by atoms with Crippen LogP contribution in [0.2, 0.25) is 0 Å². The maximum absolute atomic E-state index is 5.86. The maximum Gasteiger partial charge on any atom is 0.173 e. The van der Waals surface area contributed by atoms with Gasteiger partial charge in [0.15, 0.2) is 5.58 Å². The van der Waals surface area contributed by atoms with Crippen molar-refractivity contribution in [2.45, 2.75) is 13.8 Å². The van der Waals surface area contributed by atoms with E-state index in [1.807, 2.05) is 19.9 Å². The zero-order valence-corrected chi connectivity index (χ0v) is 12.0. The third-order valence-electron chi connectivity index (χ3n) is 4.01. The number of fused-ring (bicyclic) bond motifs is 2. The Hall–Kier alpha value is -2.55. The first-order valence-electron chi connectivity index (χ1n) is 7.04. The summed E-state index contributed by atoms with van der Waals surface area (Å²) in [4.78, 5) is 0. The van der Waals surface area contributed by atoms with E-state index in [0.717, 1.165) is 33.5 Å². The minimum Gasteiger partial charge on any atom is -0.488 e. The Kier molecular flexibility index (Phi) is 2.61. The summed E-state index contributed by atoms with van der Waals surface area (Å²) in [5.41, 5.74) is 6.28. The van der Waals surface area contributed by atoms with E-state index in [0.29, 0.717) is 6.61 Å². The Morgan fingerprint density at radius 1 is 1.10 bits per heavy atom. The molecule has 3 aromatic rings. The lowest BCUT2D eigenvalue weighted by Crippen LogP contribution is -2.07. The molecule has 1 aliphatic rings. The highest BCUT2D eigenvalue weighted by Gasteiger charge is 2.22. The van der Waals surface area contributed by atoms with Gasteiger partial charge in [-0.2, -0.15) is 0 Å². The molecule has 0 N–H and O–H groups in total. The highest BCUT2D eigenvalue weighted by molar-refractivity contribution is 5.94. The van der Waals surface area contributed by atoms with Crippen molar-refractivity contribution >= 4 is 16.5 Å². The van der Waals surface area contributed by atoms with Gasteiger partial charge >= 0.3 is 0 Å². The highest BCUT2D eigenvalue weighted by atomic mass is 16.5. The summed E-state index contributed by atoms with van der Waals surface area (Å²) in [6.45, 7) is 4.57. The summed E-state index contributed by atoms with van der Waals surface area (Å²) in [7, 11) is 0. The van der Waals surface area contributed by atoms with E-state index in [4.69, 9.17) is 9.26 Å². The fourth-order valence-electron chi connectivity index (χ4n) is 2.93. The number of nitrogens with zero attached hydrogens (tertiary/aromatic N) is 1. The summed E-state index contributed by atoms with van der Waals surface area (Å²) in [6.07, 6.45) is 2.13. The Morgan fingerprint density at radius 3 is 2.71 bits per heavy atom. The zero-order chi connectivity index (χ0) is 14.4. The number of benzene rings is 2. The molecule has 0 bridgehead atoms. The lowest BCUT2D eigenvalue weighted by molar-refractivity contribution is 0.354. The topological polar surface area (TPSA) is 35.3 Å². The second kappa shape index (κ2) is 4.48. The lowest BCUT2D eigenvalue weighted by Gasteiger charge is -2.21. The molecule has 4 rings (SSSR count). The van der Waals surface area contributed by atoms with E-state index < -0.39 is 0 Å². The van der Waals surface area contributed by atoms with Gasteiger partial charge in [-0.1, -0.05) is 35.5 Å². The standard InChI is InChI=1S/C18H15NO2/c1-11-17-16(10-15-12(2)19-21-18(11)15)14(8-9-20-17)13-6-4-3-5-7-13/h3-8,10H,9H2,1-2H3. The van der Waals surface area contributed by atoms with Gasteiger partial charge in [-0.05, 0) is 37.1 Å². The average Bonchev–Trinajstić information content (AvgIpc) is 2.90. The largest absolute Gasteiger partial charge is 0.488 e. The fourth-order valence-corrected chi connectivity index (χ4v) is 2.93. The van der Waals surface area contributed by atoms with Crippen LogP contribution in [0.4, 0.5) is 0 Å². The van der Waals surface area contributed by atoms with Gasteiger partial charge in [0, 0.05) is 16.5 Å². The van der Waals surface area contributed by atoms with Gasteiger partial charge in [0.2, 0.25) is 0 Å². The molecule has 0 unspecified atom stereocenters. The van der Waals surface area contributed by atoms with Crippen molar-refractivity contribution in [1.29, 1.82) is 0 Å². The van der Waals surface area contributed by atoms with E-state index in [1.54, 1.807) is 0 Å². The van der Waals surface area contributed by atoms with Crippen LogP contribution in [0.5, 0.6) is 5.75 Å². The molecular weight excluding hydrogens is 262 g/mol. The molecule has 104 valence electrons. The van der Waals surface area contributed by atoms with Gasteiger partial charge in [-0.25, -0.2) is 0 Å². The molecule has 2 aromatic carbocycles. The Morgan fingerprint density at radius 2 is 1.90 bits per heavy atom. The van der Waals surface area contributed by atoms with Gasteiger partial charge in [-0.15, -0.1) is 0 Å². The first-order chi connectivity index (χ1) is 10.3. The van der Waals surface area contributed by atoms with E-state index in [9.17, 15) is 0 Å². The van der Waals surface area contributed by atoms with Crippen molar-refractivity contribution in [3.05, 3.63) is 64.9 Å². The van der Waals surface area contributed by atoms with Crippen LogP contribution in [0.15, 0.2) is 47.0 Å². The molecule has 0 atom stereocenters. The molecule has 3 heteroatoms. The van der Waals surface area contributed by atoms with Crippen molar-refractivity contribution in [3.63, 3.8) is 0 Å². The van der Waals surface area contributed by atoms with Crippen LogP contribution in [0.25, 0.3) is 16.5 Å². The third kappa shape index (κ3) is 1.77. The molecule has 0 aliphatic carbocycles. The number of aromatic nitrogens is 1. The van der Waals surface area contributed by atoms with Crippen LogP contribution in [-0.2, 0) is 0 Å². The van der Waals surface area contributed by atoms with E-state index >= 15 is 0 Å². The Bertz CT molecular complexity index is 860. The van der Waals surface area contributed by atoms with E-state index in [1.165, 1.54) is 11.1 Å². The SMILES string of the molecule is Cc1noc2c(C)c3c(cc12)C(c1ccccc1)=CCO3. The molecule has 21 heavy (non-hydrogen) atoms. The summed E-state index contributed by atoms with van der Waals surface area (Å²) < 4.78 is 11.3. The Labute approximate surface area is 122 Å². The van der Waals surface area contributed by atoms with Crippen molar-refractivity contribution in [2.24, 2.45) is 0 Å². The van der Waals surface area contributed by atoms with Crippen molar-refractivity contribution in [1.82, 2.24) is 5.16 Å². The number of ether oxygens (including phenoxy) is 1. The highest BCUT2D eigenvalue weighted by Crippen LogP contribution is 2.40. The number of rotatable bonds is 1. The molecule has 0 amide bonds. The maximum atomic E-state index is 5.86. The van der Waals surface area contributed by atoms with Crippen molar-refractivity contribution in [3.8, 4) is 5.75 Å². The zero-order valence-electron chi connectivity index (χ0n) is 12.0. The Balaban J connectivity index is 2.01. The lowest BCUT2D eigenvalue weighted by atomic mass is 9.92. The van der Waals surface area contributed by atoms with Crippen LogP contribution in [0.3, 0.4) is 0 Å². The summed E-state index contributed by atoms with van der Waals surface area (Å²) in [5, 5.41) is 5.13. The van der Waals surface area contributed by atoms with Crippen LogP contribution in [0, 0.1) is 13.8 Å². The van der Waals surface area contributed by atoms with Gasteiger partial charge in [0.25, 0.3) is 0 Å². The molecule has 3 nitrogen and oxygen atoms in total. The summed E-state index contributed by atoms with van der Waals surface area (Å²) >= 11 is 0. The van der Waals surface area contributed by atoms with Crippen LogP contribution in [0.1, 0.15) is 22.4 Å². The summed E-state index contributed by atoms with van der Waals surface area (Å²) in [6, 6.07) is 12.5. The van der Waals surface area contributed by atoms with Crippen molar-refractivity contribution < 1.29 is 9.26 Å². The first-order valence-corrected chi connectivity index (χ1v) is 7.04. The molecule has 1 aromatic heterocycles. The van der Waals surface area contributed by atoms with Crippen LogP contribution >= 0.6 is 0 Å². The molecular formula is C18H15NO2. The second-order valence-corrected chi connectivity index (χ2v) is 5.32. The smallest absolute Gasteiger partial charge is 0.173 e. The number of aryl methyl sites for hydroxylation is 2. The van der Waals surface area contributed by atoms with Gasteiger partial charge in [0.05, 0.1) is 5.69 Å². The normalized spacial score (nSPS) is 13.7. The summed E-state index contributed by atoms with van der Waals surface area (Å²) in [5.74, 6) is 0.903. The van der Waals surface area contributed by atoms with E-state index in [2.05, 4.69) is 41.6 Å². The van der Waals surface area contributed by atoms with Crippen LogP contribution < -0.4 is 4.74 Å². The molecule has 0 fully saturated rings. The van der Waals surface area contributed by atoms with Gasteiger partial charge in [0.1, 0.15) is 12.4 Å². The quantitative estimate of drug-likeness (QED) is 0.666. The first kappa shape index (κ1) is 12.2. The third-order valence-corrected chi connectivity index (χ3v) is 4.01. The van der Waals surface area contributed by atoms with Gasteiger partial charge in [-0.3, -0.25) is 0 Å². The second-order valence-electron chi connectivity index (χ2n) is 5.32. The monoisotopic (exact) mass is 277 g/mol. The molecule has 0 spiro atoms. The molecule has 0 saturated carbocycles. The minimum atomic E-state index is 0.580. The molecule has 0 radical (unpaired) electrons. The minimum absolute atomic E-state index is 0.580. The fraction of sp³-hybridized carbons (Fsp3) is 0.167. The number of hydrogen-bond donors (Lipinski definition) is 0. The predicted molar refractivity (Wildman–Crippen MR) is 82.5 cm³/mol. The molecule has 0 saturated heterocycles. The molecule has 1 aliphatic heterocycles.